The highest BCUT2D eigenvalue weighted by Crippen LogP contribution is 2.33. The van der Waals surface area contributed by atoms with E-state index in [1.165, 1.54) is 56.1 Å². The fourth-order valence-corrected chi connectivity index (χ4v) is 3.96. The zero-order valence-electron chi connectivity index (χ0n) is 14.2. The van der Waals surface area contributed by atoms with Gasteiger partial charge in [-0.25, -0.2) is 0 Å². The lowest BCUT2D eigenvalue weighted by Crippen LogP contribution is -2.38. The van der Waals surface area contributed by atoms with Crippen LogP contribution in [0.1, 0.15) is 63.5 Å². The normalized spacial score (nSPS) is 24.0. The molecule has 1 aliphatic rings. The zero-order chi connectivity index (χ0) is 15.1. The Labute approximate surface area is 131 Å². The van der Waals surface area contributed by atoms with Crippen LogP contribution in [0.15, 0.2) is 24.3 Å². The monoisotopic (exact) mass is 287 g/mol. The Kier molecular flexibility index (Phi) is 6.76. The van der Waals surface area contributed by atoms with E-state index in [2.05, 4.69) is 50.4 Å². The van der Waals surface area contributed by atoms with Gasteiger partial charge in [-0.15, -0.1) is 0 Å². The molecule has 0 aliphatic heterocycles. The van der Waals surface area contributed by atoms with E-state index >= 15 is 0 Å². The molecule has 0 saturated heterocycles. The summed E-state index contributed by atoms with van der Waals surface area (Å²) in [5, 5.41) is 3.77. The highest BCUT2D eigenvalue weighted by Gasteiger charge is 2.26. The molecular formula is C20H33N. The summed E-state index contributed by atoms with van der Waals surface area (Å²) in [4.78, 5) is 0. The SMILES string of the molecule is CCNC(CCc1cccc(C)c1)C1CCC(CC)CC1. The van der Waals surface area contributed by atoms with Crippen molar-refractivity contribution in [1.29, 1.82) is 0 Å². The fourth-order valence-electron chi connectivity index (χ4n) is 3.96. The number of nitrogens with one attached hydrogen (secondary N) is 1. The Morgan fingerprint density at radius 2 is 1.90 bits per heavy atom. The Bertz CT molecular complexity index is 404. The Balaban J connectivity index is 1.87. The largest absolute Gasteiger partial charge is 0.314 e. The molecule has 0 spiro atoms. The Morgan fingerprint density at radius 3 is 2.52 bits per heavy atom. The second-order valence-corrected chi connectivity index (χ2v) is 6.88. The lowest BCUT2D eigenvalue weighted by Gasteiger charge is -2.34. The van der Waals surface area contributed by atoms with Crippen molar-refractivity contribution in [2.45, 2.75) is 71.8 Å². The van der Waals surface area contributed by atoms with Crippen molar-refractivity contribution in [2.75, 3.05) is 6.54 Å². The van der Waals surface area contributed by atoms with E-state index in [-0.39, 0.29) is 0 Å². The molecular weight excluding hydrogens is 254 g/mol. The highest BCUT2D eigenvalue weighted by molar-refractivity contribution is 5.22. The summed E-state index contributed by atoms with van der Waals surface area (Å²) in [7, 11) is 0. The smallest absolute Gasteiger partial charge is 0.00983 e. The predicted molar refractivity (Wildman–Crippen MR) is 92.7 cm³/mol. The second kappa shape index (κ2) is 8.58. The van der Waals surface area contributed by atoms with Gasteiger partial charge < -0.3 is 5.32 Å². The highest BCUT2D eigenvalue weighted by atomic mass is 14.9. The molecule has 0 amide bonds. The van der Waals surface area contributed by atoms with E-state index in [1.807, 2.05) is 0 Å². The summed E-state index contributed by atoms with van der Waals surface area (Å²) in [5.74, 6) is 1.90. The third kappa shape index (κ3) is 5.14. The first kappa shape index (κ1) is 16.5. The topological polar surface area (TPSA) is 12.0 Å². The lowest BCUT2D eigenvalue weighted by atomic mass is 9.76. The summed E-state index contributed by atoms with van der Waals surface area (Å²) in [6.45, 7) is 7.89. The molecule has 118 valence electrons. The third-order valence-corrected chi connectivity index (χ3v) is 5.33. The van der Waals surface area contributed by atoms with Crippen LogP contribution in [0.5, 0.6) is 0 Å². The number of rotatable bonds is 7. The average Bonchev–Trinajstić information content (AvgIpc) is 2.52. The van der Waals surface area contributed by atoms with Gasteiger partial charge in [0.05, 0.1) is 0 Å². The third-order valence-electron chi connectivity index (χ3n) is 5.33. The molecule has 1 nitrogen and oxygen atoms in total. The van der Waals surface area contributed by atoms with E-state index in [4.69, 9.17) is 0 Å². The van der Waals surface area contributed by atoms with Crippen LogP contribution in [0.2, 0.25) is 0 Å². The quantitative estimate of drug-likeness (QED) is 0.733. The van der Waals surface area contributed by atoms with Crippen LogP contribution in [-0.4, -0.2) is 12.6 Å². The molecule has 0 aromatic heterocycles. The average molecular weight is 287 g/mol. The second-order valence-electron chi connectivity index (χ2n) is 6.88. The van der Waals surface area contributed by atoms with E-state index < -0.39 is 0 Å². The van der Waals surface area contributed by atoms with Crippen molar-refractivity contribution < 1.29 is 0 Å². The van der Waals surface area contributed by atoms with E-state index in [0.717, 1.165) is 18.4 Å². The van der Waals surface area contributed by atoms with Gasteiger partial charge >= 0.3 is 0 Å². The first-order valence-corrected chi connectivity index (χ1v) is 9.01. The fraction of sp³-hybridized carbons (Fsp3) is 0.700. The van der Waals surface area contributed by atoms with Crippen molar-refractivity contribution in [3.05, 3.63) is 35.4 Å². The maximum atomic E-state index is 3.77. The van der Waals surface area contributed by atoms with Crippen molar-refractivity contribution in [2.24, 2.45) is 11.8 Å². The van der Waals surface area contributed by atoms with Crippen molar-refractivity contribution in [1.82, 2.24) is 5.32 Å². The molecule has 21 heavy (non-hydrogen) atoms. The molecule has 1 N–H and O–H groups in total. The predicted octanol–water partition coefficient (Wildman–Crippen LogP) is 5.12. The summed E-state index contributed by atoms with van der Waals surface area (Å²) >= 11 is 0. The summed E-state index contributed by atoms with van der Waals surface area (Å²) in [6, 6.07) is 9.73. The van der Waals surface area contributed by atoms with Gasteiger partial charge in [-0.3, -0.25) is 0 Å². The van der Waals surface area contributed by atoms with Crippen LogP contribution in [-0.2, 0) is 6.42 Å². The van der Waals surface area contributed by atoms with Gasteiger partial charge in [0.25, 0.3) is 0 Å². The molecule has 0 radical (unpaired) electrons. The minimum Gasteiger partial charge on any atom is -0.314 e. The molecule has 1 fully saturated rings. The van der Waals surface area contributed by atoms with Gasteiger partial charge in [-0.2, -0.15) is 0 Å². The van der Waals surface area contributed by atoms with Gasteiger partial charge in [-0.05, 0) is 56.6 Å². The first-order valence-electron chi connectivity index (χ1n) is 9.01. The van der Waals surface area contributed by atoms with E-state index in [9.17, 15) is 0 Å². The van der Waals surface area contributed by atoms with E-state index in [1.54, 1.807) is 0 Å². The number of hydrogen-bond donors (Lipinski definition) is 1. The molecule has 1 unspecified atom stereocenters. The number of aryl methyl sites for hydroxylation is 2. The lowest BCUT2D eigenvalue weighted by molar-refractivity contribution is 0.212. The molecule has 1 aromatic carbocycles. The summed E-state index contributed by atoms with van der Waals surface area (Å²) < 4.78 is 0. The minimum atomic E-state index is 0.716. The van der Waals surface area contributed by atoms with Gasteiger partial charge in [0.1, 0.15) is 0 Å². The van der Waals surface area contributed by atoms with Crippen LogP contribution in [0, 0.1) is 18.8 Å². The molecule has 0 bridgehead atoms. The molecule has 1 saturated carbocycles. The maximum Gasteiger partial charge on any atom is 0.00983 e. The molecule has 2 rings (SSSR count). The molecule has 1 aromatic rings. The Hall–Kier alpha value is -0.820. The Morgan fingerprint density at radius 1 is 1.14 bits per heavy atom. The number of hydrogen-bond acceptors (Lipinski definition) is 1. The van der Waals surface area contributed by atoms with Crippen LogP contribution in [0.25, 0.3) is 0 Å². The van der Waals surface area contributed by atoms with Crippen molar-refractivity contribution in [3.63, 3.8) is 0 Å². The standard InChI is InChI=1S/C20H33N/c1-4-17-9-12-19(13-10-17)20(21-5-2)14-11-18-8-6-7-16(3)15-18/h6-8,15,17,19-21H,4-5,9-14H2,1-3H3. The molecule has 1 heteroatoms. The zero-order valence-corrected chi connectivity index (χ0v) is 14.2. The summed E-state index contributed by atoms with van der Waals surface area (Å²) in [5.41, 5.74) is 2.89. The number of benzene rings is 1. The van der Waals surface area contributed by atoms with Crippen LogP contribution in [0.4, 0.5) is 0 Å². The van der Waals surface area contributed by atoms with Gasteiger partial charge in [0.2, 0.25) is 0 Å². The minimum absolute atomic E-state index is 0.716. The molecule has 1 aliphatic carbocycles. The molecule has 0 heterocycles. The van der Waals surface area contributed by atoms with Gasteiger partial charge in [0, 0.05) is 6.04 Å². The van der Waals surface area contributed by atoms with Crippen LogP contribution in [0.3, 0.4) is 0 Å². The van der Waals surface area contributed by atoms with Gasteiger partial charge in [-0.1, -0.05) is 62.9 Å². The van der Waals surface area contributed by atoms with Crippen LogP contribution < -0.4 is 5.32 Å². The van der Waals surface area contributed by atoms with Gasteiger partial charge in [0.15, 0.2) is 0 Å². The van der Waals surface area contributed by atoms with E-state index in [0.29, 0.717) is 6.04 Å². The molecule has 1 atom stereocenters. The summed E-state index contributed by atoms with van der Waals surface area (Å²) in [6.07, 6.45) is 9.66. The first-order chi connectivity index (χ1) is 10.2. The van der Waals surface area contributed by atoms with Crippen LogP contribution >= 0.6 is 0 Å². The van der Waals surface area contributed by atoms with Crippen molar-refractivity contribution >= 4 is 0 Å². The maximum absolute atomic E-state index is 3.77. The van der Waals surface area contributed by atoms with Crippen molar-refractivity contribution in [3.8, 4) is 0 Å².